The minimum Gasteiger partial charge on any atom is -0.493 e. The van der Waals surface area contributed by atoms with Crippen molar-refractivity contribution < 1.29 is 28.6 Å². The minimum atomic E-state index is -0.634. The lowest BCUT2D eigenvalue weighted by Gasteiger charge is -2.31. The van der Waals surface area contributed by atoms with Gasteiger partial charge in [-0.05, 0) is 38.0 Å². The second-order valence-electron chi connectivity index (χ2n) is 5.96. The zero-order valence-corrected chi connectivity index (χ0v) is 15.0. The molecule has 142 valence electrons. The molecule has 0 aromatic heterocycles. The first kappa shape index (κ1) is 19.6. The Balaban J connectivity index is 1.94. The van der Waals surface area contributed by atoms with Gasteiger partial charge >= 0.3 is 5.97 Å². The lowest BCUT2D eigenvalue weighted by Crippen LogP contribution is -2.45. The predicted molar refractivity (Wildman–Crippen MR) is 92.9 cm³/mol. The fraction of sp³-hybridized carbons (Fsp3) is 0.500. The largest absolute Gasteiger partial charge is 0.493 e. The summed E-state index contributed by atoms with van der Waals surface area (Å²) in [5, 5.41) is 0. The lowest BCUT2D eigenvalue weighted by molar-refractivity contribution is -0.137. The van der Waals surface area contributed by atoms with E-state index in [9.17, 15) is 14.4 Å². The molecule has 0 bridgehead atoms. The Morgan fingerprint density at radius 2 is 2.04 bits per heavy atom. The molecule has 0 unspecified atom stereocenters. The van der Waals surface area contributed by atoms with Gasteiger partial charge < -0.3 is 24.8 Å². The summed E-state index contributed by atoms with van der Waals surface area (Å²) in [6, 6.07) is 4.66. The summed E-state index contributed by atoms with van der Waals surface area (Å²) in [4.78, 5) is 37.2. The number of likely N-dealkylation sites (tertiary alicyclic amines) is 1. The molecule has 1 heterocycles. The van der Waals surface area contributed by atoms with E-state index in [0.29, 0.717) is 37.5 Å². The molecule has 26 heavy (non-hydrogen) atoms. The topological polar surface area (TPSA) is 108 Å². The third kappa shape index (κ3) is 4.87. The molecule has 0 radical (unpaired) electrons. The highest BCUT2D eigenvalue weighted by atomic mass is 16.5. The SMILES string of the molecule is CCOc1cc(C(=O)OCC(=O)N2CCC[C@@H](C(N)=O)C2)ccc1OC. The first-order valence-electron chi connectivity index (χ1n) is 8.51. The summed E-state index contributed by atoms with van der Waals surface area (Å²) >= 11 is 0. The molecule has 1 aliphatic rings. The van der Waals surface area contributed by atoms with Crippen molar-refractivity contribution in [3.8, 4) is 11.5 Å². The van der Waals surface area contributed by atoms with E-state index < -0.39 is 11.9 Å². The zero-order chi connectivity index (χ0) is 19.1. The Kier molecular flexibility index (Phi) is 6.82. The smallest absolute Gasteiger partial charge is 0.338 e. The van der Waals surface area contributed by atoms with Gasteiger partial charge in [0.15, 0.2) is 18.1 Å². The number of piperidine rings is 1. The number of primary amides is 1. The molecule has 0 aliphatic carbocycles. The van der Waals surface area contributed by atoms with Crippen molar-refractivity contribution in [3.63, 3.8) is 0 Å². The number of amides is 2. The fourth-order valence-electron chi connectivity index (χ4n) is 2.81. The van der Waals surface area contributed by atoms with Crippen LogP contribution in [0, 0.1) is 5.92 Å². The zero-order valence-electron chi connectivity index (χ0n) is 15.0. The third-order valence-electron chi connectivity index (χ3n) is 4.20. The number of ether oxygens (including phenoxy) is 3. The first-order valence-corrected chi connectivity index (χ1v) is 8.51. The number of nitrogens with two attached hydrogens (primary N) is 1. The van der Waals surface area contributed by atoms with E-state index in [1.807, 2.05) is 6.92 Å². The number of carbonyl (C=O) groups excluding carboxylic acids is 3. The van der Waals surface area contributed by atoms with Crippen molar-refractivity contribution >= 4 is 17.8 Å². The molecule has 8 nitrogen and oxygen atoms in total. The van der Waals surface area contributed by atoms with E-state index in [4.69, 9.17) is 19.9 Å². The van der Waals surface area contributed by atoms with Crippen molar-refractivity contribution in [2.45, 2.75) is 19.8 Å². The number of nitrogens with zero attached hydrogens (tertiary/aromatic N) is 1. The van der Waals surface area contributed by atoms with Crippen LogP contribution in [0.4, 0.5) is 0 Å². The van der Waals surface area contributed by atoms with Crippen LogP contribution in [0.5, 0.6) is 11.5 Å². The van der Waals surface area contributed by atoms with Crippen LogP contribution in [0.25, 0.3) is 0 Å². The summed E-state index contributed by atoms with van der Waals surface area (Å²) < 4.78 is 15.7. The number of hydrogen-bond donors (Lipinski definition) is 1. The van der Waals surface area contributed by atoms with E-state index in [1.165, 1.54) is 24.1 Å². The van der Waals surface area contributed by atoms with E-state index in [1.54, 1.807) is 6.07 Å². The van der Waals surface area contributed by atoms with Crippen LogP contribution in [-0.4, -0.2) is 56.1 Å². The number of rotatable bonds is 7. The molecule has 0 spiro atoms. The van der Waals surface area contributed by atoms with Crippen LogP contribution in [0.15, 0.2) is 18.2 Å². The first-order chi connectivity index (χ1) is 12.5. The molecule has 2 rings (SSSR count). The molecule has 8 heteroatoms. The van der Waals surface area contributed by atoms with E-state index in [-0.39, 0.29) is 30.5 Å². The Hall–Kier alpha value is -2.77. The monoisotopic (exact) mass is 364 g/mol. The summed E-state index contributed by atoms with van der Waals surface area (Å²) in [7, 11) is 1.51. The molecule has 2 N–H and O–H groups in total. The number of esters is 1. The molecule has 0 saturated carbocycles. The van der Waals surface area contributed by atoms with Crippen molar-refractivity contribution in [1.29, 1.82) is 0 Å². The molecule has 2 amide bonds. The Morgan fingerprint density at radius 1 is 1.27 bits per heavy atom. The van der Waals surface area contributed by atoms with Crippen LogP contribution in [0.2, 0.25) is 0 Å². The molecule has 1 atom stereocenters. The van der Waals surface area contributed by atoms with Gasteiger partial charge in [-0.2, -0.15) is 0 Å². The molecular formula is C18H24N2O6. The van der Waals surface area contributed by atoms with E-state index in [0.717, 1.165) is 0 Å². The molecule has 1 aromatic carbocycles. The van der Waals surface area contributed by atoms with E-state index >= 15 is 0 Å². The van der Waals surface area contributed by atoms with Crippen molar-refractivity contribution in [2.24, 2.45) is 11.7 Å². The van der Waals surface area contributed by atoms with Crippen LogP contribution in [0.3, 0.4) is 0 Å². The van der Waals surface area contributed by atoms with Crippen molar-refractivity contribution in [2.75, 3.05) is 33.4 Å². The highest BCUT2D eigenvalue weighted by Gasteiger charge is 2.27. The number of methoxy groups -OCH3 is 1. The highest BCUT2D eigenvalue weighted by molar-refractivity contribution is 5.92. The molecule has 1 saturated heterocycles. The molecule has 1 aliphatic heterocycles. The Labute approximate surface area is 152 Å². The second-order valence-corrected chi connectivity index (χ2v) is 5.96. The maximum absolute atomic E-state index is 12.2. The van der Waals surface area contributed by atoms with Gasteiger partial charge in [-0.1, -0.05) is 0 Å². The Morgan fingerprint density at radius 3 is 2.69 bits per heavy atom. The fourth-order valence-corrected chi connectivity index (χ4v) is 2.81. The molecule has 1 aromatic rings. The van der Waals surface area contributed by atoms with Crippen LogP contribution >= 0.6 is 0 Å². The van der Waals surface area contributed by atoms with Crippen LogP contribution in [-0.2, 0) is 14.3 Å². The summed E-state index contributed by atoms with van der Waals surface area (Å²) in [6.07, 6.45) is 1.37. The number of hydrogen-bond acceptors (Lipinski definition) is 6. The van der Waals surface area contributed by atoms with Gasteiger partial charge in [0.1, 0.15) is 0 Å². The number of benzene rings is 1. The second kappa shape index (κ2) is 9.07. The van der Waals surface area contributed by atoms with Gasteiger partial charge in [-0.15, -0.1) is 0 Å². The van der Waals surface area contributed by atoms with Gasteiger partial charge in [0, 0.05) is 13.1 Å². The van der Waals surface area contributed by atoms with Crippen LogP contribution in [0.1, 0.15) is 30.1 Å². The normalized spacial score (nSPS) is 16.7. The van der Waals surface area contributed by atoms with Gasteiger partial charge in [0.2, 0.25) is 5.91 Å². The minimum absolute atomic E-state index is 0.260. The summed E-state index contributed by atoms with van der Waals surface area (Å²) in [6.45, 7) is 2.64. The standard InChI is InChI=1S/C18H24N2O6/c1-3-25-15-9-12(6-7-14(15)24-2)18(23)26-11-16(21)20-8-4-5-13(10-20)17(19)22/h6-7,9,13H,3-5,8,10-11H2,1-2H3,(H2,19,22)/t13-/m1/s1. The van der Waals surface area contributed by atoms with Crippen molar-refractivity contribution in [1.82, 2.24) is 4.90 Å². The van der Waals surface area contributed by atoms with Gasteiger partial charge in [0.25, 0.3) is 5.91 Å². The Bertz CT molecular complexity index is 676. The lowest BCUT2D eigenvalue weighted by atomic mass is 9.97. The summed E-state index contributed by atoms with van der Waals surface area (Å²) in [5.41, 5.74) is 5.57. The van der Waals surface area contributed by atoms with Gasteiger partial charge in [-0.25, -0.2) is 4.79 Å². The molecule has 1 fully saturated rings. The van der Waals surface area contributed by atoms with Gasteiger partial charge in [-0.3, -0.25) is 9.59 Å². The van der Waals surface area contributed by atoms with Gasteiger partial charge in [0.05, 0.1) is 25.2 Å². The predicted octanol–water partition coefficient (Wildman–Crippen LogP) is 0.975. The highest BCUT2D eigenvalue weighted by Crippen LogP contribution is 2.28. The maximum atomic E-state index is 12.2. The maximum Gasteiger partial charge on any atom is 0.338 e. The quantitative estimate of drug-likeness (QED) is 0.723. The van der Waals surface area contributed by atoms with E-state index in [2.05, 4.69) is 0 Å². The average molecular weight is 364 g/mol. The number of carbonyl (C=O) groups is 3. The summed E-state index contributed by atoms with van der Waals surface area (Å²) in [5.74, 6) is -0.811. The van der Waals surface area contributed by atoms with Crippen molar-refractivity contribution in [3.05, 3.63) is 23.8 Å². The third-order valence-corrected chi connectivity index (χ3v) is 4.20. The van der Waals surface area contributed by atoms with Crippen LogP contribution < -0.4 is 15.2 Å². The average Bonchev–Trinajstić information content (AvgIpc) is 2.66. The molecular weight excluding hydrogens is 340 g/mol.